The van der Waals surface area contributed by atoms with E-state index in [1.807, 2.05) is 17.4 Å². The molecule has 0 bridgehead atoms. The molecule has 0 spiro atoms. The number of aromatic nitrogens is 2. The highest BCUT2D eigenvalue weighted by molar-refractivity contribution is 7.25. The van der Waals surface area contributed by atoms with Crippen LogP contribution in [0.2, 0.25) is 0 Å². The van der Waals surface area contributed by atoms with E-state index in [1.54, 1.807) is 0 Å². The first kappa shape index (κ1) is 31.6. The van der Waals surface area contributed by atoms with Crippen molar-refractivity contribution in [1.82, 2.24) is 9.97 Å². The predicted octanol–water partition coefficient (Wildman–Crippen LogP) is 14.6. The lowest BCUT2D eigenvalue weighted by Crippen LogP contribution is -1.97. The van der Waals surface area contributed by atoms with Crippen LogP contribution in [0.3, 0.4) is 0 Å². The van der Waals surface area contributed by atoms with Crippen molar-refractivity contribution in [3.05, 3.63) is 194 Å². The molecule has 0 saturated carbocycles. The molecule has 3 heteroatoms. The lowest BCUT2D eigenvalue weighted by Gasteiger charge is -2.17. The number of thiophene rings is 1. The van der Waals surface area contributed by atoms with E-state index in [9.17, 15) is 0 Å². The molecule has 11 rings (SSSR count). The highest BCUT2D eigenvalue weighted by atomic mass is 32.1. The molecule has 0 aliphatic rings. The van der Waals surface area contributed by atoms with E-state index in [2.05, 4.69) is 188 Å². The topological polar surface area (TPSA) is 25.8 Å². The normalized spacial score (nSPS) is 11.6. The molecule has 0 aliphatic heterocycles. The van der Waals surface area contributed by atoms with Gasteiger partial charge in [0.2, 0.25) is 0 Å². The molecule has 256 valence electrons. The van der Waals surface area contributed by atoms with Gasteiger partial charge in [0.1, 0.15) is 0 Å². The fourth-order valence-corrected chi connectivity index (χ4v) is 9.33. The smallest absolute Gasteiger partial charge is 0.160 e. The molecule has 0 saturated heterocycles. The molecular formula is C52H32N2S. The van der Waals surface area contributed by atoms with Gasteiger partial charge in [0.05, 0.1) is 11.4 Å². The van der Waals surface area contributed by atoms with Crippen LogP contribution in [0.1, 0.15) is 0 Å². The molecule has 55 heavy (non-hydrogen) atoms. The molecule has 9 aromatic carbocycles. The zero-order valence-corrected chi connectivity index (χ0v) is 30.6. The van der Waals surface area contributed by atoms with E-state index in [0.717, 1.165) is 39.2 Å². The van der Waals surface area contributed by atoms with E-state index in [1.165, 1.54) is 63.6 Å². The molecule has 0 N–H and O–H groups in total. The molecule has 0 atom stereocenters. The quantitative estimate of drug-likeness (QED) is 0.131. The maximum atomic E-state index is 5.32. The van der Waals surface area contributed by atoms with Crippen molar-refractivity contribution in [2.45, 2.75) is 0 Å². The Kier molecular flexibility index (Phi) is 7.39. The number of hydrogen-bond acceptors (Lipinski definition) is 3. The molecule has 0 fully saturated rings. The first-order valence-electron chi connectivity index (χ1n) is 18.6. The lowest BCUT2D eigenvalue weighted by molar-refractivity contribution is 1.18. The van der Waals surface area contributed by atoms with Crippen LogP contribution in [0.15, 0.2) is 194 Å². The molecule has 2 aromatic heterocycles. The molecule has 0 amide bonds. The van der Waals surface area contributed by atoms with Gasteiger partial charge in [-0.25, -0.2) is 9.97 Å². The van der Waals surface area contributed by atoms with Crippen LogP contribution in [0, 0.1) is 0 Å². The van der Waals surface area contributed by atoms with Gasteiger partial charge >= 0.3 is 0 Å². The highest BCUT2D eigenvalue weighted by Gasteiger charge is 2.19. The van der Waals surface area contributed by atoms with Crippen molar-refractivity contribution in [1.29, 1.82) is 0 Å². The average Bonchev–Trinajstić information content (AvgIpc) is 3.64. The summed E-state index contributed by atoms with van der Waals surface area (Å²) >= 11 is 1.85. The summed E-state index contributed by atoms with van der Waals surface area (Å²) in [7, 11) is 0. The van der Waals surface area contributed by atoms with E-state index in [-0.39, 0.29) is 0 Å². The minimum Gasteiger partial charge on any atom is -0.228 e. The van der Waals surface area contributed by atoms with Crippen LogP contribution in [0.4, 0.5) is 0 Å². The molecule has 0 radical (unpaired) electrons. The Morgan fingerprint density at radius 1 is 0.309 bits per heavy atom. The molecule has 0 aliphatic carbocycles. The van der Waals surface area contributed by atoms with E-state index >= 15 is 0 Å². The third-order valence-electron chi connectivity index (χ3n) is 10.9. The van der Waals surface area contributed by atoms with Crippen LogP contribution in [-0.2, 0) is 0 Å². The predicted molar refractivity (Wildman–Crippen MR) is 235 cm³/mol. The number of nitrogens with zero attached hydrogens (tertiary/aromatic N) is 2. The number of fused-ring (bicyclic) bond motifs is 7. The van der Waals surface area contributed by atoms with Gasteiger partial charge in [0.25, 0.3) is 0 Å². The van der Waals surface area contributed by atoms with E-state index in [0.29, 0.717) is 5.82 Å². The van der Waals surface area contributed by atoms with Crippen LogP contribution in [-0.4, -0.2) is 9.97 Å². The van der Waals surface area contributed by atoms with Gasteiger partial charge in [-0.2, -0.15) is 0 Å². The summed E-state index contributed by atoms with van der Waals surface area (Å²) in [5.41, 5.74) is 9.59. The van der Waals surface area contributed by atoms with E-state index < -0.39 is 0 Å². The zero-order chi connectivity index (χ0) is 36.3. The van der Waals surface area contributed by atoms with Crippen molar-refractivity contribution in [3.8, 4) is 56.2 Å². The molecule has 0 unspecified atom stereocenters. The van der Waals surface area contributed by atoms with Gasteiger partial charge in [-0.15, -0.1) is 11.3 Å². The standard InChI is InChI=1S/C52H32N2S/c1-2-14-34(15-3-1)52-53-47(38-18-12-17-35(29-38)36-26-28-50-46(30-36)42-22-10-11-24-49(42)55-50)32-48(54-52)41-21-8-9-23-43(41)51-40-20-7-5-16-37(40)31-45-39-19-6-4-13-33(39)25-27-44(45)51/h1-32H. The monoisotopic (exact) mass is 716 g/mol. The van der Waals surface area contributed by atoms with Gasteiger partial charge in [-0.3, -0.25) is 0 Å². The maximum absolute atomic E-state index is 5.32. The summed E-state index contributed by atoms with van der Waals surface area (Å²) in [6, 6.07) is 69.8. The minimum absolute atomic E-state index is 0.702. The minimum atomic E-state index is 0.702. The van der Waals surface area contributed by atoms with Crippen molar-refractivity contribution in [2.75, 3.05) is 0 Å². The van der Waals surface area contributed by atoms with Gasteiger partial charge in [0.15, 0.2) is 5.82 Å². The summed E-state index contributed by atoms with van der Waals surface area (Å²) in [5, 5.41) is 10.0. The van der Waals surface area contributed by atoms with Gasteiger partial charge in [-0.05, 0) is 91.0 Å². The van der Waals surface area contributed by atoms with E-state index in [4.69, 9.17) is 9.97 Å². The summed E-state index contributed by atoms with van der Waals surface area (Å²) in [6.45, 7) is 0. The van der Waals surface area contributed by atoms with Gasteiger partial charge in [0, 0.05) is 36.9 Å². The van der Waals surface area contributed by atoms with Crippen LogP contribution < -0.4 is 0 Å². The summed E-state index contributed by atoms with van der Waals surface area (Å²) in [6.07, 6.45) is 0. The first-order chi connectivity index (χ1) is 27.2. The number of rotatable bonds is 5. The van der Waals surface area contributed by atoms with Crippen molar-refractivity contribution in [3.63, 3.8) is 0 Å². The third kappa shape index (κ3) is 5.40. The summed E-state index contributed by atoms with van der Waals surface area (Å²) in [4.78, 5) is 10.6. The Labute approximate surface area is 322 Å². The van der Waals surface area contributed by atoms with Gasteiger partial charge < -0.3 is 0 Å². The second-order valence-electron chi connectivity index (χ2n) is 14.1. The van der Waals surface area contributed by atoms with Crippen LogP contribution in [0.25, 0.3) is 109 Å². The Bertz CT molecular complexity index is 3270. The SMILES string of the molecule is c1ccc(-c2nc(-c3cccc(-c4ccc5sc6ccccc6c5c4)c3)cc(-c3ccccc3-c3c4ccccc4cc4c3ccc3ccccc34)n2)cc1. The second-order valence-corrected chi connectivity index (χ2v) is 15.2. The Morgan fingerprint density at radius 2 is 0.964 bits per heavy atom. The van der Waals surface area contributed by atoms with Crippen molar-refractivity contribution in [2.24, 2.45) is 0 Å². The highest BCUT2D eigenvalue weighted by Crippen LogP contribution is 2.44. The molecule has 11 aromatic rings. The summed E-state index contributed by atoms with van der Waals surface area (Å²) < 4.78 is 2.62. The average molecular weight is 717 g/mol. The third-order valence-corrected chi connectivity index (χ3v) is 12.0. The fraction of sp³-hybridized carbons (Fsp3) is 0. The summed E-state index contributed by atoms with van der Waals surface area (Å²) in [5.74, 6) is 0.702. The second kappa shape index (κ2) is 12.9. The van der Waals surface area contributed by atoms with Crippen LogP contribution in [0.5, 0.6) is 0 Å². The van der Waals surface area contributed by atoms with Gasteiger partial charge in [-0.1, -0.05) is 158 Å². The Hall–Kier alpha value is -6.94. The Morgan fingerprint density at radius 3 is 1.85 bits per heavy atom. The molecule has 2 nitrogen and oxygen atoms in total. The Balaban J connectivity index is 1.12. The van der Waals surface area contributed by atoms with Crippen LogP contribution >= 0.6 is 11.3 Å². The largest absolute Gasteiger partial charge is 0.228 e. The fourth-order valence-electron chi connectivity index (χ4n) is 8.25. The van der Waals surface area contributed by atoms with Crippen molar-refractivity contribution >= 4 is 63.8 Å². The number of hydrogen-bond donors (Lipinski definition) is 0. The molecular weight excluding hydrogens is 685 g/mol. The zero-order valence-electron chi connectivity index (χ0n) is 29.8. The lowest BCUT2D eigenvalue weighted by atomic mass is 9.87. The van der Waals surface area contributed by atoms with Crippen molar-refractivity contribution < 1.29 is 0 Å². The molecule has 2 heterocycles. The first-order valence-corrected chi connectivity index (χ1v) is 19.5. The number of benzene rings is 9. The maximum Gasteiger partial charge on any atom is 0.160 e.